The Bertz CT molecular complexity index is 639. The first-order valence-electron chi connectivity index (χ1n) is 7.05. The minimum absolute atomic E-state index is 0.174. The van der Waals surface area contributed by atoms with Crippen molar-refractivity contribution < 1.29 is 14.3 Å². The van der Waals surface area contributed by atoms with Crippen LogP contribution in [0.2, 0.25) is 0 Å². The topological polar surface area (TPSA) is 59.6 Å². The highest BCUT2D eigenvalue weighted by molar-refractivity contribution is 6.05. The molecule has 1 amide bonds. The van der Waals surface area contributed by atoms with Gasteiger partial charge >= 0.3 is 0 Å². The lowest BCUT2D eigenvalue weighted by molar-refractivity contribution is 0.102. The number of rotatable bonds is 6. The largest absolute Gasteiger partial charge is 0.497 e. The molecule has 0 unspecified atom stereocenters. The zero-order valence-corrected chi connectivity index (χ0v) is 13.0. The van der Waals surface area contributed by atoms with E-state index in [2.05, 4.69) is 10.6 Å². The van der Waals surface area contributed by atoms with Crippen LogP contribution < -0.4 is 20.1 Å². The fourth-order valence-electron chi connectivity index (χ4n) is 2.06. The van der Waals surface area contributed by atoms with E-state index in [0.717, 1.165) is 18.0 Å². The summed E-state index contributed by atoms with van der Waals surface area (Å²) in [6.07, 6.45) is 0. The summed E-state index contributed by atoms with van der Waals surface area (Å²) in [7, 11) is 3.21. The van der Waals surface area contributed by atoms with Crippen LogP contribution in [0.25, 0.3) is 0 Å². The quantitative estimate of drug-likeness (QED) is 0.858. The number of carbonyl (C=O) groups is 1. The minimum Gasteiger partial charge on any atom is -0.497 e. The summed E-state index contributed by atoms with van der Waals surface area (Å²) >= 11 is 0. The number of ether oxygens (including phenoxy) is 2. The molecule has 0 bridgehead atoms. The molecule has 0 atom stereocenters. The van der Waals surface area contributed by atoms with Gasteiger partial charge in [-0.05, 0) is 49.4 Å². The Kier molecular flexibility index (Phi) is 5.25. The molecule has 0 spiro atoms. The molecule has 2 aromatic rings. The van der Waals surface area contributed by atoms with Gasteiger partial charge in [0, 0.05) is 17.8 Å². The fraction of sp³-hybridized carbons (Fsp3) is 0.235. The fourth-order valence-corrected chi connectivity index (χ4v) is 2.06. The standard InChI is InChI=1S/C17H20N2O3/c1-4-18-15-11-12(5-10-16(15)22-3)17(20)19-13-6-8-14(21-2)9-7-13/h5-11,18H,4H2,1-3H3,(H,19,20). The van der Waals surface area contributed by atoms with E-state index in [1.54, 1.807) is 56.7 Å². The van der Waals surface area contributed by atoms with Crippen LogP contribution in [0.1, 0.15) is 17.3 Å². The zero-order valence-electron chi connectivity index (χ0n) is 13.0. The van der Waals surface area contributed by atoms with Crippen molar-refractivity contribution in [3.8, 4) is 11.5 Å². The van der Waals surface area contributed by atoms with Crippen LogP contribution in [0.4, 0.5) is 11.4 Å². The maximum absolute atomic E-state index is 12.3. The number of nitrogens with one attached hydrogen (secondary N) is 2. The van der Waals surface area contributed by atoms with Gasteiger partial charge in [0.1, 0.15) is 11.5 Å². The number of anilines is 2. The number of carbonyl (C=O) groups excluding carboxylic acids is 1. The molecule has 0 aromatic heterocycles. The third kappa shape index (κ3) is 3.69. The van der Waals surface area contributed by atoms with Crippen LogP contribution in [0, 0.1) is 0 Å². The predicted molar refractivity (Wildman–Crippen MR) is 88.1 cm³/mol. The summed E-state index contributed by atoms with van der Waals surface area (Å²) in [5, 5.41) is 6.03. The van der Waals surface area contributed by atoms with Crippen LogP contribution in [0.3, 0.4) is 0 Å². The van der Waals surface area contributed by atoms with Gasteiger partial charge in [-0.25, -0.2) is 0 Å². The molecule has 116 valence electrons. The van der Waals surface area contributed by atoms with E-state index in [9.17, 15) is 4.79 Å². The maximum atomic E-state index is 12.3. The summed E-state index contributed by atoms with van der Waals surface area (Å²) in [6, 6.07) is 12.5. The Hall–Kier alpha value is -2.69. The third-order valence-corrected chi connectivity index (χ3v) is 3.18. The van der Waals surface area contributed by atoms with Gasteiger partial charge in [-0.2, -0.15) is 0 Å². The van der Waals surface area contributed by atoms with Crippen molar-refractivity contribution in [3.05, 3.63) is 48.0 Å². The summed E-state index contributed by atoms with van der Waals surface area (Å²) in [5.41, 5.74) is 2.08. The van der Waals surface area contributed by atoms with Crippen LogP contribution >= 0.6 is 0 Å². The first-order valence-corrected chi connectivity index (χ1v) is 7.05. The summed E-state index contributed by atoms with van der Waals surface area (Å²) in [4.78, 5) is 12.3. The summed E-state index contributed by atoms with van der Waals surface area (Å²) in [6.45, 7) is 2.74. The summed E-state index contributed by atoms with van der Waals surface area (Å²) < 4.78 is 10.4. The molecular formula is C17H20N2O3. The van der Waals surface area contributed by atoms with Crippen LogP contribution in [0.15, 0.2) is 42.5 Å². The monoisotopic (exact) mass is 300 g/mol. The molecule has 0 aliphatic rings. The molecule has 0 aliphatic heterocycles. The van der Waals surface area contributed by atoms with Gasteiger partial charge in [-0.3, -0.25) is 4.79 Å². The number of methoxy groups -OCH3 is 2. The first kappa shape index (κ1) is 15.7. The van der Waals surface area contributed by atoms with Gasteiger partial charge < -0.3 is 20.1 Å². The minimum atomic E-state index is -0.174. The molecule has 0 radical (unpaired) electrons. The molecule has 0 fully saturated rings. The summed E-state index contributed by atoms with van der Waals surface area (Å²) in [5.74, 6) is 1.28. The van der Waals surface area contributed by atoms with E-state index in [0.29, 0.717) is 17.0 Å². The lowest BCUT2D eigenvalue weighted by Crippen LogP contribution is -2.12. The lowest BCUT2D eigenvalue weighted by Gasteiger charge is -2.12. The van der Waals surface area contributed by atoms with E-state index in [1.165, 1.54) is 0 Å². The van der Waals surface area contributed by atoms with Crippen LogP contribution in [0.5, 0.6) is 11.5 Å². The number of amides is 1. The Balaban J connectivity index is 2.15. The molecular weight excluding hydrogens is 280 g/mol. The van der Waals surface area contributed by atoms with Crippen molar-refractivity contribution >= 4 is 17.3 Å². The second kappa shape index (κ2) is 7.36. The van der Waals surface area contributed by atoms with Gasteiger partial charge in [0.25, 0.3) is 5.91 Å². The Morgan fingerprint density at radius 3 is 2.36 bits per heavy atom. The van der Waals surface area contributed by atoms with Crippen molar-refractivity contribution in [1.29, 1.82) is 0 Å². The lowest BCUT2D eigenvalue weighted by atomic mass is 10.1. The van der Waals surface area contributed by atoms with Gasteiger partial charge in [0.15, 0.2) is 0 Å². The number of benzene rings is 2. The molecule has 0 heterocycles. The molecule has 0 saturated heterocycles. The predicted octanol–water partition coefficient (Wildman–Crippen LogP) is 3.39. The van der Waals surface area contributed by atoms with Gasteiger partial charge in [-0.15, -0.1) is 0 Å². The second-order valence-electron chi connectivity index (χ2n) is 4.63. The Morgan fingerprint density at radius 1 is 1.05 bits per heavy atom. The van der Waals surface area contributed by atoms with E-state index in [4.69, 9.17) is 9.47 Å². The smallest absolute Gasteiger partial charge is 0.255 e. The highest BCUT2D eigenvalue weighted by atomic mass is 16.5. The average molecular weight is 300 g/mol. The Morgan fingerprint density at radius 2 is 1.77 bits per heavy atom. The normalized spacial score (nSPS) is 9.95. The molecule has 22 heavy (non-hydrogen) atoms. The van der Waals surface area contributed by atoms with Crippen molar-refractivity contribution in [3.63, 3.8) is 0 Å². The van der Waals surface area contributed by atoms with Crippen molar-refractivity contribution in [2.45, 2.75) is 6.92 Å². The molecule has 2 N–H and O–H groups in total. The molecule has 5 nitrogen and oxygen atoms in total. The van der Waals surface area contributed by atoms with Crippen LogP contribution in [-0.2, 0) is 0 Å². The van der Waals surface area contributed by atoms with Gasteiger partial charge in [0.2, 0.25) is 0 Å². The van der Waals surface area contributed by atoms with E-state index in [1.807, 2.05) is 6.92 Å². The maximum Gasteiger partial charge on any atom is 0.255 e. The molecule has 0 saturated carbocycles. The highest BCUT2D eigenvalue weighted by Crippen LogP contribution is 2.26. The number of hydrogen-bond acceptors (Lipinski definition) is 4. The zero-order chi connectivity index (χ0) is 15.9. The van der Waals surface area contributed by atoms with E-state index >= 15 is 0 Å². The van der Waals surface area contributed by atoms with Crippen molar-refractivity contribution in [2.24, 2.45) is 0 Å². The Labute approximate surface area is 130 Å². The number of hydrogen-bond donors (Lipinski definition) is 2. The van der Waals surface area contributed by atoms with Crippen LogP contribution in [-0.4, -0.2) is 26.7 Å². The van der Waals surface area contributed by atoms with Gasteiger partial charge in [-0.1, -0.05) is 0 Å². The molecule has 5 heteroatoms. The molecule has 0 aliphatic carbocycles. The SMILES string of the molecule is CCNc1cc(C(=O)Nc2ccc(OC)cc2)ccc1OC. The van der Waals surface area contributed by atoms with E-state index < -0.39 is 0 Å². The van der Waals surface area contributed by atoms with Gasteiger partial charge in [0.05, 0.1) is 19.9 Å². The van der Waals surface area contributed by atoms with Crippen molar-refractivity contribution in [2.75, 3.05) is 31.4 Å². The second-order valence-corrected chi connectivity index (χ2v) is 4.63. The highest BCUT2D eigenvalue weighted by Gasteiger charge is 2.10. The molecule has 2 rings (SSSR count). The molecule has 2 aromatic carbocycles. The average Bonchev–Trinajstić information content (AvgIpc) is 2.55. The third-order valence-electron chi connectivity index (χ3n) is 3.18. The van der Waals surface area contributed by atoms with Crippen molar-refractivity contribution in [1.82, 2.24) is 0 Å². The first-order chi connectivity index (χ1) is 10.7. The van der Waals surface area contributed by atoms with E-state index in [-0.39, 0.29) is 5.91 Å².